The number of nitrogens with zero attached hydrogens (tertiary/aromatic N) is 2. The fourth-order valence-electron chi connectivity index (χ4n) is 9.25. The standard InChI is InChI=1S/C56H36N2O/c1-2-15-40-35-41(28-27-37(40)13-1)38-29-32-42(33-30-38)57(43-16-11-17-44(36-43)58-52-24-9-5-19-46(52)47-20-6-10-25-53(47)58)51-23-8-7-21-48(51)49-22-12-26-54-55(49)50-34-31-39-14-3-4-18-45(39)56(50)59-54/h1-36H. The lowest BCUT2D eigenvalue weighted by atomic mass is 9.96. The van der Waals surface area contributed by atoms with Gasteiger partial charge >= 0.3 is 0 Å². The van der Waals surface area contributed by atoms with Crippen molar-refractivity contribution >= 4 is 82.4 Å². The number of hydrogen-bond acceptors (Lipinski definition) is 2. The van der Waals surface area contributed by atoms with E-state index in [9.17, 15) is 0 Å². The first-order chi connectivity index (χ1) is 29.3. The Morgan fingerprint density at radius 2 is 1.00 bits per heavy atom. The summed E-state index contributed by atoms with van der Waals surface area (Å²) in [6.45, 7) is 0. The number of hydrogen-bond donors (Lipinski definition) is 0. The topological polar surface area (TPSA) is 21.3 Å². The van der Waals surface area contributed by atoms with Gasteiger partial charge in [0.05, 0.1) is 16.7 Å². The fraction of sp³-hybridized carbons (Fsp3) is 0. The Morgan fingerprint density at radius 3 is 1.81 bits per heavy atom. The van der Waals surface area contributed by atoms with Crippen LogP contribution in [0, 0.1) is 0 Å². The smallest absolute Gasteiger partial charge is 0.143 e. The third-order valence-corrected chi connectivity index (χ3v) is 12.0. The van der Waals surface area contributed by atoms with Crippen molar-refractivity contribution < 1.29 is 4.42 Å². The summed E-state index contributed by atoms with van der Waals surface area (Å²) in [6, 6.07) is 78.8. The summed E-state index contributed by atoms with van der Waals surface area (Å²) in [7, 11) is 0. The minimum absolute atomic E-state index is 0.878. The lowest BCUT2D eigenvalue weighted by Gasteiger charge is -2.29. The molecule has 0 aliphatic carbocycles. The first-order valence-electron chi connectivity index (χ1n) is 20.2. The Bertz CT molecular complexity index is 3520. The molecule has 0 saturated carbocycles. The Kier molecular flexibility index (Phi) is 7.54. The van der Waals surface area contributed by atoms with Crippen molar-refractivity contribution in [3.05, 3.63) is 218 Å². The first kappa shape index (κ1) is 33.3. The second kappa shape index (κ2) is 13.4. The van der Waals surface area contributed by atoms with Gasteiger partial charge in [0.2, 0.25) is 0 Å². The zero-order valence-electron chi connectivity index (χ0n) is 32.1. The molecule has 0 fully saturated rings. The van der Waals surface area contributed by atoms with Gasteiger partial charge < -0.3 is 13.9 Å². The van der Waals surface area contributed by atoms with E-state index in [1.54, 1.807) is 0 Å². The summed E-state index contributed by atoms with van der Waals surface area (Å²) in [5, 5.41) is 9.49. The van der Waals surface area contributed by atoms with Crippen LogP contribution in [-0.2, 0) is 0 Å². The van der Waals surface area contributed by atoms with E-state index >= 15 is 0 Å². The molecule has 12 aromatic rings. The number of furan rings is 1. The van der Waals surface area contributed by atoms with Gasteiger partial charge in [-0.3, -0.25) is 0 Å². The molecule has 3 nitrogen and oxygen atoms in total. The number of benzene rings is 10. The molecule has 276 valence electrons. The quantitative estimate of drug-likeness (QED) is 0.169. The van der Waals surface area contributed by atoms with Gasteiger partial charge in [-0.15, -0.1) is 0 Å². The SMILES string of the molecule is c1cc(N(c2ccc(-c3ccc4ccccc4c3)cc2)c2ccccc2-c2cccc3oc4c5ccccc5ccc4c23)cc(-n2c3ccccc3c3ccccc32)c1. The normalized spacial score (nSPS) is 11.7. The molecule has 3 heteroatoms. The molecular weight excluding hydrogens is 717 g/mol. The first-order valence-corrected chi connectivity index (χ1v) is 20.2. The zero-order chi connectivity index (χ0) is 38.9. The molecule has 12 rings (SSSR count). The van der Waals surface area contributed by atoms with Crippen LogP contribution in [0.4, 0.5) is 17.1 Å². The van der Waals surface area contributed by atoms with Gasteiger partial charge in [0.15, 0.2) is 0 Å². The maximum atomic E-state index is 6.69. The van der Waals surface area contributed by atoms with Crippen LogP contribution in [-0.4, -0.2) is 4.57 Å². The van der Waals surface area contributed by atoms with Crippen LogP contribution < -0.4 is 4.90 Å². The van der Waals surface area contributed by atoms with Gasteiger partial charge in [0, 0.05) is 49.6 Å². The van der Waals surface area contributed by atoms with Crippen molar-refractivity contribution in [1.29, 1.82) is 0 Å². The number of fused-ring (bicyclic) bond motifs is 9. The molecule has 0 saturated heterocycles. The molecule has 0 unspecified atom stereocenters. The number of rotatable bonds is 6. The number of anilines is 3. The highest BCUT2D eigenvalue weighted by Crippen LogP contribution is 2.46. The molecule has 10 aromatic carbocycles. The average Bonchev–Trinajstić information content (AvgIpc) is 3.86. The maximum absolute atomic E-state index is 6.69. The van der Waals surface area contributed by atoms with Crippen molar-refractivity contribution in [3.8, 4) is 27.9 Å². The zero-order valence-corrected chi connectivity index (χ0v) is 32.1. The van der Waals surface area contributed by atoms with Gasteiger partial charge in [0.25, 0.3) is 0 Å². The average molecular weight is 753 g/mol. The van der Waals surface area contributed by atoms with Gasteiger partial charge in [-0.1, -0.05) is 152 Å². The van der Waals surface area contributed by atoms with Crippen LogP contribution in [0.15, 0.2) is 223 Å². The van der Waals surface area contributed by atoms with E-state index < -0.39 is 0 Å². The molecule has 0 spiro atoms. The molecule has 0 aliphatic heterocycles. The second-order valence-corrected chi connectivity index (χ2v) is 15.3. The van der Waals surface area contributed by atoms with Crippen LogP contribution in [0.25, 0.3) is 93.2 Å². The summed E-state index contributed by atoms with van der Waals surface area (Å²) >= 11 is 0. The predicted octanol–water partition coefficient (Wildman–Crippen LogP) is 15.8. The Morgan fingerprint density at radius 1 is 0.373 bits per heavy atom. The van der Waals surface area contributed by atoms with Crippen molar-refractivity contribution in [3.63, 3.8) is 0 Å². The molecule has 2 heterocycles. The Labute approximate surface area is 341 Å². The van der Waals surface area contributed by atoms with Gasteiger partial charge in [-0.2, -0.15) is 0 Å². The molecule has 2 aromatic heterocycles. The molecule has 0 aliphatic rings. The third-order valence-electron chi connectivity index (χ3n) is 12.0. The summed E-state index contributed by atoms with van der Waals surface area (Å²) in [4.78, 5) is 2.41. The van der Waals surface area contributed by atoms with Crippen molar-refractivity contribution in [2.75, 3.05) is 4.90 Å². The molecule has 0 N–H and O–H groups in total. The number of aromatic nitrogens is 1. The molecule has 0 amide bonds. The van der Waals surface area contributed by atoms with Crippen LogP contribution in [0.3, 0.4) is 0 Å². The minimum Gasteiger partial charge on any atom is -0.455 e. The van der Waals surface area contributed by atoms with E-state index in [0.717, 1.165) is 61.2 Å². The Hall–Kier alpha value is -7.88. The molecule has 59 heavy (non-hydrogen) atoms. The summed E-state index contributed by atoms with van der Waals surface area (Å²) in [5.74, 6) is 0. The van der Waals surface area contributed by atoms with Gasteiger partial charge in [-0.05, 0) is 99.6 Å². The van der Waals surface area contributed by atoms with E-state index in [2.05, 4.69) is 228 Å². The molecular formula is C56H36N2O. The molecule has 0 atom stereocenters. The summed E-state index contributed by atoms with van der Waals surface area (Å²) < 4.78 is 9.08. The predicted molar refractivity (Wildman–Crippen MR) is 249 cm³/mol. The van der Waals surface area contributed by atoms with Crippen molar-refractivity contribution in [2.24, 2.45) is 0 Å². The van der Waals surface area contributed by atoms with E-state index in [1.807, 2.05) is 0 Å². The highest BCUT2D eigenvalue weighted by molar-refractivity contribution is 6.20. The molecule has 0 radical (unpaired) electrons. The highest BCUT2D eigenvalue weighted by atomic mass is 16.3. The van der Waals surface area contributed by atoms with E-state index in [1.165, 1.54) is 49.1 Å². The van der Waals surface area contributed by atoms with Crippen molar-refractivity contribution in [2.45, 2.75) is 0 Å². The van der Waals surface area contributed by atoms with E-state index in [4.69, 9.17) is 4.42 Å². The lowest BCUT2D eigenvalue weighted by molar-refractivity contribution is 0.673. The van der Waals surface area contributed by atoms with Crippen LogP contribution >= 0.6 is 0 Å². The van der Waals surface area contributed by atoms with Crippen LogP contribution in [0.1, 0.15) is 0 Å². The van der Waals surface area contributed by atoms with E-state index in [0.29, 0.717) is 0 Å². The van der Waals surface area contributed by atoms with Gasteiger partial charge in [0.1, 0.15) is 11.2 Å². The Balaban J connectivity index is 1.07. The summed E-state index contributed by atoms with van der Waals surface area (Å²) in [5.41, 5.74) is 13.1. The number of para-hydroxylation sites is 3. The monoisotopic (exact) mass is 752 g/mol. The lowest BCUT2D eigenvalue weighted by Crippen LogP contribution is -2.12. The minimum atomic E-state index is 0.878. The van der Waals surface area contributed by atoms with Gasteiger partial charge in [-0.25, -0.2) is 0 Å². The fourth-order valence-corrected chi connectivity index (χ4v) is 9.25. The maximum Gasteiger partial charge on any atom is 0.143 e. The van der Waals surface area contributed by atoms with E-state index in [-0.39, 0.29) is 0 Å². The summed E-state index contributed by atoms with van der Waals surface area (Å²) in [6.07, 6.45) is 0. The third kappa shape index (κ3) is 5.36. The highest BCUT2D eigenvalue weighted by Gasteiger charge is 2.22. The van der Waals surface area contributed by atoms with Crippen LogP contribution in [0.5, 0.6) is 0 Å². The second-order valence-electron chi connectivity index (χ2n) is 15.3. The van der Waals surface area contributed by atoms with Crippen LogP contribution in [0.2, 0.25) is 0 Å². The van der Waals surface area contributed by atoms with Crippen molar-refractivity contribution in [1.82, 2.24) is 4.57 Å². The molecule has 0 bridgehead atoms. The largest absolute Gasteiger partial charge is 0.455 e.